The lowest BCUT2D eigenvalue weighted by Crippen LogP contribution is -2.48. The average molecular weight is 302 g/mol. The van der Waals surface area contributed by atoms with E-state index in [1.54, 1.807) is 6.92 Å². The number of esters is 1. The van der Waals surface area contributed by atoms with Crippen LogP contribution in [0.5, 0.6) is 0 Å². The Labute approximate surface area is 123 Å². The fourth-order valence-electron chi connectivity index (χ4n) is 1.21. The summed E-state index contributed by atoms with van der Waals surface area (Å²) >= 11 is 0. The molecule has 0 fully saturated rings. The molecule has 0 aromatic carbocycles. The third-order valence-electron chi connectivity index (χ3n) is 2.57. The van der Waals surface area contributed by atoms with E-state index in [1.165, 1.54) is 11.9 Å². The van der Waals surface area contributed by atoms with E-state index in [0.717, 1.165) is 0 Å². The molecule has 2 amide bonds. The molecular formula is C12H22N4O5. The number of hydrogen-bond donors (Lipinski definition) is 3. The lowest BCUT2D eigenvalue weighted by atomic mass is 10.3. The van der Waals surface area contributed by atoms with Gasteiger partial charge in [0.1, 0.15) is 12.6 Å². The predicted molar refractivity (Wildman–Crippen MR) is 73.9 cm³/mol. The van der Waals surface area contributed by atoms with Crippen molar-refractivity contribution >= 4 is 23.6 Å². The second kappa shape index (κ2) is 9.83. The van der Waals surface area contributed by atoms with Crippen LogP contribution in [0.2, 0.25) is 0 Å². The van der Waals surface area contributed by atoms with Gasteiger partial charge in [-0.3, -0.25) is 19.2 Å². The van der Waals surface area contributed by atoms with Gasteiger partial charge in [0.15, 0.2) is 5.78 Å². The van der Waals surface area contributed by atoms with Crippen molar-refractivity contribution in [3.8, 4) is 0 Å². The standard InChI is InChI=1S/C12H22N4O5/c1-3-8(17)6-16(2)10(18)5-15-12(20)9(14)7-21-11(19)4-13/h9H,3-7,13-14H2,1-2H3,(H,15,20)/t9-/m0/s1. The first-order valence-corrected chi connectivity index (χ1v) is 6.46. The Bertz CT molecular complexity index is 399. The highest BCUT2D eigenvalue weighted by Crippen LogP contribution is 1.89. The lowest BCUT2D eigenvalue weighted by molar-refractivity contribution is -0.143. The summed E-state index contributed by atoms with van der Waals surface area (Å²) in [5.74, 6) is -1.81. The molecular weight excluding hydrogens is 280 g/mol. The van der Waals surface area contributed by atoms with E-state index >= 15 is 0 Å². The number of carbonyl (C=O) groups is 4. The number of Topliss-reactive ketones (excluding diaryl/α,β-unsaturated/α-hetero) is 1. The molecule has 0 unspecified atom stereocenters. The number of rotatable bonds is 9. The molecule has 0 aliphatic carbocycles. The summed E-state index contributed by atoms with van der Waals surface area (Å²) in [6, 6.07) is -1.09. The number of carbonyl (C=O) groups excluding carboxylic acids is 4. The Balaban J connectivity index is 4.08. The predicted octanol–water partition coefficient (Wildman–Crippen LogP) is -2.63. The second-order valence-electron chi connectivity index (χ2n) is 4.35. The number of nitrogens with zero attached hydrogens (tertiary/aromatic N) is 1. The van der Waals surface area contributed by atoms with Crippen LogP contribution in [0.1, 0.15) is 13.3 Å². The van der Waals surface area contributed by atoms with E-state index in [0.29, 0.717) is 6.42 Å². The van der Waals surface area contributed by atoms with Gasteiger partial charge in [0, 0.05) is 13.5 Å². The van der Waals surface area contributed by atoms with Gasteiger partial charge in [-0.15, -0.1) is 0 Å². The Hall–Kier alpha value is -2.00. The fourth-order valence-corrected chi connectivity index (χ4v) is 1.21. The number of likely N-dealkylation sites (N-methyl/N-ethyl adjacent to an activating group) is 1. The van der Waals surface area contributed by atoms with Crippen LogP contribution in [0.3, 0.4) is 0 Å². The maximum Gasteiger partial charge on any atom is 0.319 e. The van der Waals surface area contributed by atoms with Crippen molar-refractivity contribution in [3.05, 3.63) is 0 Å². The molecule has 0 rings (SSSR count). The maximum atomic E-state index is 11.7. The van der Waals surface area contributed by atoms with Gasteiger partial charge in [0.2, 0.25) is 11.8 Å². The highest BCUT2D eigenvalue weighted by atomic mass is 16.5. The van der Waals surface area contributed by atoms with Crippen LogP contribution in [0.15, 0.2) is 0 Å². The molecule has 0 saturated heterocycles. The normalized spacial score (nSPS) is 11.4. The Kier molecular flexibility index (Phi) is 8.90. The van der Waals surface area contributed by atoms with Gasteiger partial charge in [-0.05, 0) is 0 Å². The van der Waals surface area contributed by atoms with Crippen molar-refractivity contribution in [2.24, 2.45) is 11.5 Å². The highest BCUT2D eigenvalue weighted by Gasteiger charge is 2.18. The molecule has 5 N–H and O–H groups in total. The lowest BCUT2D eigenvalue weighted by Gasteiger charge is -2.17. The van der Waals surface area contributed by atoms with E-state index in [9.17, 15) is 19.2 Å². The topological polar surface area (TPSA) is 145 Å². The van der Waals surface area contributed by atoms with Crippen LogP contribution in [-0.4, -0.2) is 67.8 Å². The highest BCUT2D eigenvalue weighted by molar-refractivity contribution is 5.90. The van der Waals surface area contributed by atoms with Gasteiger partial charge >= 0.3 is 5.97 Å². The second-order valence-corrected chi connectivity index (χ2v) is 4.35. The van der Waals surface area contributed by atoms with Crippen LogP contribution in [0, 0.1) is 0 Å². The molecule has 0 aromatic heterocycles. The number of ether oxygens (including phenoxy) is 1. The minimum atomic E-state index is -1.09. The maximum absolute atomic E-state index is 11.7. The Morgan fingerprint density at radius 3 is 2.43 bits per heavy atom. The molecule has 0 radical (unpaired) electrons. The summed E-state index contributed by atoms with van der Waals surface area (Å²) < 4.78 is 4.61. The average Bonchev–Trinajstić information content (AvgIpc) is 2.48. The van der Waals surface area contributed by atoms with Crippen molar-refractivity contribution < 1.29 is 23.9 Å². The number of hydrogen-bond acceptors (Lipinski definition) is 7. The molecule has 9 heteroatoms. The zero-order valence-corrected chi connectivity index (χ0v) is 12.3. The summed E-state index contributed by atoms with van der Waals surface area (Å²) in [6.07, 6.45) is 0.335. The van der Waals surface area contributed by atoms with Crippen LogP contribution in [-0.2, 0) is 23.9 Å². The Morgan fingerprint density at radius 2 is 1.90 bits per heavy atom. The first-order chi connectivity index (χ1) is 9.81. The first-order valence-electron chi connectivity index (χ1n) is 6.46. The van der Waals surface area contributed by atoms with Gasteiger partial charge in [-0.2, -0.15) is 0 Å². The molecule has 0 heterocycles. The van der Waals surface area contributed by atoms with Crippen molar-refractivity contribution in [3.63, 3.8) is 0 Å². The van der Waals surface area contributed by atoms with Crippen molar-refractivity contribution in [1.82, 2.24) is 10.2 Å². The molecule has 1 atom stereocenters. The number of amides is 2. The van der Waals surface area contributed by atoms with Crippen LogP contribution >= 0.6 is 0 Å². The van der Waals surface area contributed by atoms with E-state index in [4.69, 9.17) is 11.5 Å². The van der Waals surface area contributed by atoms with E-state index in [2.05, 4.69) is 10.1 Å². The molecule has 0 bridgehead atoms. The van der Waals surface area contributed by atoms with E-state index in [1.807, 2.05) is 0 Å². The van der Waals surface area contributed by atoms with E-state index < -0.39 is 23.8 Å². The Morgan fingerprint density at radius 1 is 1.29 bits per heavy atom. The zero-order chi connectivity index (χ0) is 16.4. The molecule has 0 aliphatic rings. The van der Waals surface area contributed by atoms with Crippen LogP contribution < -0.4 is 16.8 Å². The van der Waals surface area contributed by atoms with E-state index in [-0.39, 0.29) is 32.0 Å². The summed E-state index contributed by atoms with van der Waals surface area (Å²) in [5, 5.41) is 2.31. The minimum absolute atomic E-state index is 0.00856. The van der Waals surface area contributed by atoms with Gasteiger partial charge in [-0.1, -0.05) is 6.92 Å². The third kappa shape index (κ3) is 8.00. The smallest absolute Gasteiger partial charge is 0.319 e. The molecule has 0 aliphatic heterocycles. The summed E-state index contributed by atoms with van der Waals surface area (Å²) in [7, 11) is 1.46. The summed E-state index contributed by atoms with van der Waals surface area (Å²) in [4.78, 5) is 46.4. The van der Waals surface area contributed by atoms with Crippen molar-refractivity contribution in [2.45, 2.75) is 19.4 Å². The SMILES string of the molecule is CCC(=O)CN(C)C(=O)CNC(=O)[C@@H](N)COC(=O)CN. The zero-order valence-electron chi connectivity index (χ0n) is 12.3. The summed E-state index contributed by atoms with van der Waals surface area (Å²) in [5.41, 5.74) is 10.5. The van der Waals surface area contributed by atoms with Gasteiger partial charge in [0.25, 0.3) is 0 Å². The monoisotopic (exact) mass is 302 g/mol. The number of nitrogens with one attached hydrogen (secondary N) is 1. The number of ketones is 1. The summed E-state index contributed by atoms with van der Waals surface area (Å²) in [6.45, 7) is 0.781. The molecule has 9 nitrogen and oxygen atoms in total. The molecule has 120 valence electrons. The van der Waals surface area contributed by atoms with Crippen molar-refractivity contribution in [2.75, 3.05) is 33.3 Å². The fraction of sp³-hybridized carbons (Fsp3) is 0.667. The largest absolute Gasteiger partial charge is 0.463 e. The molecule has 0 saturated carbocycles. The molecule has 0 aromatic rings. The van der Waals surface area contributed by atoms with Gasteiger partial charge < -0.3 is 26.4 Å². The minimum Gasteiger partial charge on any atom is -0.463 e. The van der Waals surface area contributed by atoms with Crippen LogP contribution in [0.4, 0.5) is 0 Å². The number of nitrogens with two attached hydrogens (primary N) is 2. The third-order valence-corrected chi connectivity index (χ3v) is 2.57. The van der Waals surface area contributed by atoms with Gasteiger partial charge in [0.05, 0.1) is 19.6 Å². The van der Waals surface area contributed by atoms with Crippen LogP contribution in [0.25, 0.3) is 0 Å². The molecule has 21 heavy (non-hydrogen) atoms. The van der Waals surface area contributed by atoms with Crippen molar-refractivity contribution in [1.29, 1.82) is 0 Å². The quantitative estimate of drug-likeness (QED) is 0.395. The molecule has 0 spiro atoms. The van der Waals surface area contributed by atoms with Gasteiger partial charge in [-0.25, -0.2) is 0 Å². The first kappa shape index (κ1) is 19.0.